The molecule has 2 aliphatic heterocycles. The molecule has 0 saturated carbocycles. The first kappa shape index (κ1) is 15.5. The van der Waals surface area contributed by atoms with Gasteiger partial charge in [0.1, 0.15) is 5.76 Å². The van der Waals surface area contributed by atoms with Crippen LogP contribution in [0.1, 0.15) is 31.4 Å². The predicted molar refractivity (Wildman–Crippen MR) is 89.3 cm³/mol. The minimum Gasteiger partial charge on any atom is -0.493 e. The number of ether oxygens (including phenoxy) is 3. The van der Waals surface area contributed by atoms with Crippen molar-refractivity contribution in [1.82, 2.24) is 4.90 Å². The molecule has 0 amide bonds. The Balaban J connectivity index is 1.97. The third-order valence-corrected chi connectivity index (χ3v) is 6.13. The molecule has 0 bridgehead atoms. The first-order chi connectivity index (χ1) is 11.5. The first-order valence-corrected chi connectivity index (χ1v) is 8.41. The maximum atomic E-state index is 11.0. The highest BCUT2D eigenvalue weighted by molar-refractivity contribution is 5.61. The van der Waals surface area contributed by atoms with Crippen molar-refractivity contribution in [3.05, 3.63) is 35.1 Å². The zero-order chi connectivity index (χ0) is 17.1. The minimum atomic E-state index is -0.306. The van der Waals surface area contributed by atoms with Crippen molar-refractivity contribution in [1.29, 1.82) is 0 Å². The van der Waals surface area contributed by atoms with Gasteiger partial charge in [-0.2, -0.15) is 0 Å². The van der Waals surface area contributed by atoms with Crippen molar-refractivity contribution >= 4 is 6.47 Å². The van der Waals surface area contributed by atoms with E-state index in [1.165, 1.54) is 11.1 Å². The Kier molecular flexibility index (Phi) is 3.39. The Morgan fingerprint density at radius 3 is 2.92 bits per heavy atom. The van der Waals surface area contributed by atoms with E-state index in [1.54, 1.807) is 7.11 Å². The summed E-state index contributed by atoms with van der Waals surface area (Å²) >= 11 is 0. The number of nitrogens with zero attached hydrogens (tertiary/aromatic N) is 1. The highest BCUT2D eigenvalue weighted by atomic mass is 16.6. The highest BCUT2D eigenvalue weighted by Crippen LogP contribution is 2.57. The van der Waals surface area contributed by atoms with Gasteiger partial charge in [0, 0.05) is 17.6 Å². The van der Waals surface area contributed by atoms with Crippen LogP contribution in [0.25, 0.3) is 0 Å². The summed E-state index contributed by atoms with van der Waals surface area (Å²) in [6.45, 7) is 4.98. The van der Waals surface area contributed by atoms with Crippen LogP contribution in [0.3, 0.4) is 0 Å². The number of rotatable bonds is 3. The quantitative estimate of drug-likeness (QED) is 0.797. The van der Waals surface area contributed by atoms with Crippen molar-refractivity contribution in [2.75, 3.05) is 14.2 Å². The second-order valence-corrected chi connectivity index (χ2v) is 7.20. The Morgan fingerprint density at radius 2 is 2.21 bits per heavy atom. The van der Waals surface area contributed by atoms with E-state index in [0.29, 0.717) is 18.3 Å². The Bertz CT molecular complexity index is 728. The Hall–Kier alpha value is -2.01. The summed E-state index contributed by atoms with van der Waals surface area (Å²) in [6, 6.07) is 4.84. The predicted octanol–water partition coefficient (Wildman–Crippen LogP) is 2.42. The number of methoxy groups -OCH3 is 1. The van der Waals surface area contributed by atoms with Crippen molar-refractivity contribution in [2.45, 2.75) is 50.3 Å². The fraction of sp³-hybridized carbons (Fsp3) is 0.526. The van der Waals surface area contributed by atoms with E-state index in [1.807, 2.05) is 12.1 Å². The van der Waals surface area contributed by atoms with E-state index >= 15 is 0 Å². The van der Waals surface area contributed by atoms with Gasteiger partial charge in [-0.05, 0) is 51.4 Å². The molecule has 1 aromatic carbocycles. The summed E-state index contributed by atoms with van der Waals surface area (Å²) in [6.07, 6.45) is 3.49. The van der Waals surface area contributed by atoms with Crippen LogP contribution in [0.2, 0.25) is 0 Å². The molecule has 0 N–H and O–H groups in total. The lowest BCUT2D eigenvalue weighted by molar-refractivity contribution is -0.127. The molecule has 1 aliphatic carbocycles. The fourth-order valence-corrected chi connectivity index (χ4v) is 4.81. The average molecular weight is 329 g/mol. The van der Waals surface area contributed by atoms with Crippen LogP contribution in [-0.2, 0) is 21.4 Å². The smallest absolute Gasteiger partial charge is 0.298 e. The third-order valence-electron chi connectivity index (χ3n) is 6.13. The van der Waals surface area contributed by atoms with Crippen molar-refractivity contribution in [2.24, 2.45) is 0 Å². The molecule has 5 heteroatoms. The van der Waals surface area contributed by atoms with Crippen LogP contribution >= 0.6 is 0 Å². The molecule has 3 aliphatic rings. The average Bonchev–Trinajstić information content (AvgIpc) is 2.85. The van der Waals surface area contributed by atoms with E-state index < -0.39 is 0 Å². The molecule has 0 saturated heterocycles. The third kappa shape index (κ3) is 1.82. The van der Waals surface area contributed by atoms with Gasteiger partial charge < -0.3 is 14.2 Å². The fourth-order valence-electron chi connectivity index (χ4n) is 4.81. The van der Waals surface area contributed by atoms with Crippen LogP contribution in [-0.4, -0.2) is 43.7 Å². The molecule has 0 fully saturated rings. The van der Waals surface area contributed by atoms with Gasteiger partial charge in [-0.3, -0.25) is 9.69 Å². The normalized spacial score (nSPS) is 33.8. The van der Waals surface area contributed by atoms with Gasteiger partial charge in [0.15, 0.2) is 17.6 Å². The molecule has 4 unspecified atom stereocenters. The lowest BCUT2D eigenvalue weighted by atomic mass is 9.67. The van der Waals surface area contributed by atoms with Gasteiger partial charge in [0.25, 0.3) is 6.47 Å². The lowest BCUT2D eigenvalue weighted by Gasteiger charge is -2.45. The van der Waals surface area contributed by atoms with Gasteiger partial charge >= 0.3 is 0 Å². The van der Waals surface area contributed by atoms with Crippen LogP contribution in [0.15, 0.2) is 24.0 Å². The van der Waals surface area contributed by atoms with Crippen molar-refractivity contribution in [3.8, 4) is 11.5 Å². The zero-order valence-corrected chi connectivity index (χ0v) is 14.5. The van der Waals surface area contributed by atoms with E-state index in [4.69, 9.17) is 14.2 Å². The van der Waals surface area contributed by atoms with E-state index in [-0.39, 0.29) is 17.6 Å². The molecular formula is C19H23NO4. The molecule has 4 atom stereocenters. The van der Waals surface area contributed by atoms with Gasteiger partial charge in [0.2, 0.25) is 0 Å². The van der Waals surface area contributed by atoms with E-state index in [2.05, 4.69) is 31.9 Å². The topological polar surface area (TPSA) is 48.0 Å². The van der Waals surface area contributed by atoms with E-state index in [9.17, 15) is 4.79 Å². The standard InChI is InChI=1S/C19H23NO4/c1-11-9-12-5-6-13(22-4)17-16(12)19(2)15(20(11)3)8-7-14(23-10-21)18(19)24-17/h5-7,10-11,15,18H,8-9H2,1-4H3. The number of hydrogen-bond donors (Lipinski definition) is 0. The molecule has 0 spiro atoms. The van der Waals surface area contributed by atoms with Gasteiger partial charge in [-0.25, -0.2) is 0 Å². The Labute approximate surface area is 142 Å². The van der Waals surface area contributed by atoms with E-state index in [0.717, 1.165) is 24.3 Å². The molecule has 5 nitrogen and oxygen atoms in total. The Morgan fingerprint density at radius 1 is 1.42 bits per heavy atom. The summed E-state index contributed by atoms with van der Waals surface area (Å²) in [7, 11) is 3.84. The summed E-state index contributed by atoms with van der Waals surface area (Å²) in [5.74, 6) is 2.15. The zero-order valence-electron chi connectivity index (χ0n) is 14.5. The molecule has 24 heavy (non-hydrogen) atoms. The maximum Gasteiger partial charge on any atom is 0.298 e. The van der Waals surface area contributed by atoms with Gasteiger partial charge in [-0.15, -0.1) is 0 Å². The van der Waals surface area contributed by atoms with Gasteiger partial charge in [0.05, 0.1) is 12.5 Å². The van der Waals surface area contributed by atoms with Crippen molar-refractivity contribution < 1.29 is 19.0 Å². The summed E-state index contributed by atoms with van der Waals surface area (Å²) in [4.78, 5) is 13.4. The molecule has 0 radical (unpaired) electrons. The molecule has 4 rings (SSSR count). The number of carbonyl (C=O) groups is 1. The highest BCUT2D eigenvalue weighted by Gasteiger charge is 2.59. The molecular weight excluding hydrogens is 306 g/mol. The summed E-state index contributed by atoms with van der Waals surface area (Å²) in [5, 5.41) is 0. The largest absolute Gasteiger partial charge is 0.493 e. The van der Waals surface area contributed by atoms with Crippen LogP contribution < -0.4 is 9.47 Å². The first-order valence-electron chi connectivity index (χ1n) is 8.41. The van der Waals surface area contributed by atoms with Crippen molar-refractivity contribution in [3.63, 3.8) is 0 Å². The number of carbonyl (C=O) groups excluding carboxylic acids is 1. The second kappa shape index (κ2) is 5.24. The SMILES string of the molecule is COc1ccc2c3c1OC1C(OC=O)=CCC(N(C)C(C)C2)C31C. The summed E-state index contributed by atoms with van der Waals surface area (Å²) < 4.78 is 17.1. The number of benzene rings is 1. The molecule has 2 heterocycles. The van der Waals surface area contributed by atoms with Crippen LogP contribution in [0.4, 0.5) is 0 Å². The monoisotopic (exact) mass is 329 g/mol. The lowest BCUT2D eigenvalue weighted by Crippen LogP contribution is -2.56. The molecule has 128 valence electrons. The number of hydrogen-bond acceptors (Lipinski definition) is 5. The minimum absolute atomic E-state index is 0.272. The molecule has 1 aromatic rings. The van der Waals surface area contributed by atoms with Crippen LogP contribution in [0.5, 0.6) is 11.5 Å². The number of likely N-dealkylation sites (N-methyl/N-ethyl adjacent to an activating group) is 1. The van der Waals surface area contributed by atoms with Gasteiger partial charge in [-0.1, -0.05) is 6.07 Å². The van der Waals surface area contributed by atoms with Crippen LogP contribution in [0, 0.1) is 0 Å². The summed E-state index contributed by atoms with van der Waals surface area (Å²) in [5.41, 5.74) is 2.24. The maximum absolute atomic E-state index is 11.0. The second-order valence-electron chi connectivity index (χ2n) is 7.20. The molecule has 0 aromatic heterocycles.